The molecule has 1 aromatic rings. The number of nitrogens with one attached hydrogen (secondary N) is 2. The van der Waals surface area contributed by atoms with Crippen molar-refractivity contribution < 1.29 is 19.5 Å². The lowest BCUT2D eigenvalue weighted by Gasteiger charge is -2.09. The second-order valence-electron chi connectivity index (χ2n) is 3.95. The summed E-state index contributed by atoms with van der Waals surface area (Å²) < 4.78 is 0. The lowest BCUT2D eigenvalue weighted by atomic mass is 10.1. The van der Waals surface area contributed by atoms with E-state index in [2.05, 4.69) is 10.6 Å². The molecule has 1 aromatic carbocycles. The maximum absolute atomic E-state index is 11.7. The van der Waals surface area contributed by atoms with E-state index in [0.717, 1.165) is 5.56 Å². The number of hydrogen-bond donors (Lipinski definition) is 4. The van der Waals surface area contributed by atoms with Crippen LogP contribution in [0.25, 0.3) is 0 Å². The van der Waals surface area contributed by atoms with Crippen molar-refractivity contribution in [3.8, 4) is 0 Å². The van der Waals surface area contributed by atoms with Gasteiger partial charge in [-0.2, -0.15) is 0 Å². The first-order valence-electron chi connectivity index (χ1n) is 5.56. The number of primary amides is 1. The molecule has 7 heteroatoms. The van der Waals surface area contributed by atoms with Crippen molar-refractivity contribution in [1.82, 2.24) is 10.6 Å². The Morgan fingerprint density at radius 2 is 1.84 bits per heavy atom. The SMILES string of the molecule is CC(NC(=O)c1ccc(CNC(N)=O)cc1)C(=O)O. The normalized spacial score (nSPS) is 11.4. The van der Waals surface area contributed by atoms with Crippen LogP contribution >= 0.6 is 0 Å². The average Bonchev–Trinajstić information content (AvgIpc) is 2.36. The minimum Gasteiger partial charge on any atom is -0.480 e. The van der Waals surface area contributed by atoms with Crippen LogP contribution in [-0.2, 0) is 11.3 Å². The molecule has 0 aliphatic carbocycles. The molecule has 1 unspecified atom stereocenters. The van der Waals surface area contributed by atoms with Crippen molar-refractivity contribution in [2.45, 2.75) is 19.5 Å². The monoisotopic (exact) mass is 265 g/mol. The Labute approximate surface area is 109 Å². The van der Waals surface area contributed by atoms with Crippen LogP contribution in [0.2, 0.25) is 0 Å². The van der Waals surface area contributed by atoms with Gasteiger partial charge >= 0.3 is 12.0 Å². The summed E-state index contributed by atoms with van der Waals surface area (Å²) in [7, 11) is 0. The summed E-state index contributed by atoms with van der Waals surface area (Å²) in [6.07, 6.45) is 0. The molecule has 7 nitrogen and oxygen atoms in total. The smallest absolute Gasteiger partial charge is 0.325 e. The Morgan fingerprint density at radius 1 is 1.26 bits per heavy atom. The van der Waals surface area contributed by atoms with Crippen LogP contribution in [-0.4, -0.2) is 29.1 Å². The van der Waals surface area contributed by atoms with Crippen LogP contribution < -0.4 is 16.4 Å². The molecule has 0 heterocycles. The summed E-state index contributed by atoms with van der Waals surface area (Å²) in [6.45, 7) is 1.65. The number of aliphatic carboxylic acids is 1. The van der Waals surface area contributed by atoms with Crippen molar-refractivity contribution in [2.75, 3.05) is 0 Å². The van der Waals surface area contributed by atoms with Gasteiger partial charge in [-0.1, -0.05) is 12.1 Å². The summed E-state index contributed by atoms with van der Waals surface area (Å²) in [6, 6.07) is 4.80. The van der Waals surface area contributed by atoms with Gasteiger partial charge in [0.05, 0.1) is 0 Å². The van der Waals surface area contributed by atoms with Crippen molar-refractivity contribution in [3.63, 3.8) is 0 Å². The molecular weight excluding hydrogens is 250 g/mol. The highest BCUT2D eigenvalue weighted by atomic mass is 16.4. The molecule has 0 aliphatic heterocycles. The Balaban J connectivity index is 2.62. The van der Waals surface area contributed by atoms with E-state index in [9.17, 15) is 14.4 Å². The Hall–Kier alpha value is -2.57. The lowest BCUT2D eigenvalue weighted by molar-refractivity contribution is -0.138. The number of urea groups is 1. The van der Waals surface area contributed by atoms with Crippen LogP contribution in [0.5, 0.6) is 0 Å². The van der Waals surface area contributed by atoms with Gasteiger partial charge in [0.1, 0.15) is 6.04 Å². The first-order chi connectivity index (χ1) is 8.90. The van der Waals surface area contributed by atoms with Crippen molar-refractivity contribution in [1.29, 1.82) is 0 Å². The summed E-state index contributed by atoms with van der Waals surface area (Å²) in [5.41, 5.74) is 6.05. The van der Waals surface area contributed by atoms with Crippen LogP contribution in [0, 0.1) is 0 Å². The van der Waals surface area contributed by atoms with E-state index in [1.165, 1.54) is 6.92 Å². The number of hydrogen-bond acceptors (Lipinski definition) is 3. The number of benzene rings is 1. The Morgan fingerprint density at radius 3 is 2.32 bits per heavy atom. The predicted octanol–water partition coefficient (Wildman–Crippen LogP) is 0.0578. The van der Waals surface area contributed by atoms with E-state index < -0.39 is 23.9 Å². The van der Waals surface area contributed by atoms with E-state index >= 15 is 0 Å². The van der Waals surface area contributed by atoms with Gasteiger partial charge in [0.15, 0.2) is 0 Å². The molecular formula is C12H15N3O4. The molecule has 0 fully saturated rings. The quantitative estimate of drug-likeness (QED) is 0.601. The molecule has 102 valence electrons. The number of carboxylic acids is 1. The fourth-order valence-corrected chi connectivity index (χ4v) is 1.30. The van der Waals surface area contributed by atoms with E-state index in [-0.39, 0.29) is 6.54 Å². The van der Waals surface area contributed by atoms with Crippen LogP contribution in [0.4, 0.5) is 4.79 Å². The molecule has 0 aromatic heterocycles. The van der Waals surface area contributed by atoms with Gasteiger partial charge in [0.25, 0.3) is 5.91 Å². The number of nitrogens with two attached hydrogens (primary N) is 1. The summed E-state index contributed by atoms with van der Waals surface area (Å²) in [5.74, 6) is -1.57. The molecule has 1 atom stereocenters. The fraction of sp³-hybridized carbons (Fsp3) is 0.250. The molecule has 19 heavy (non-hydrogen) atoms. The molecule has 0 aliphatic rings. The lowest BCUT2D eigenvalue weighted by Crippen LogP contribution is -2.38. The third-order valence-electron chi connectivity index (χ3n) is 2.40. The number of carboxylic acid groups (broad SMARTS) is 1. The molecule has 0 saturated heterocycles. The average molecular weight is 265 g/mol. The highest BCUT2D eigenvalue weighted by Crippen LogP contribution is 2.04. The fourth-order valence-electron chi connectivity index (χ4n) is 1.30. The summed E-state index contributed by atoms with van der Waals surface area (Å²) in [4.78, 5) is 32.8. The van der Waals surface area contributed by atoms with E-state index in [1.807, 2.05) is 0 Å². The number of carbonyl (C=O) groups is 3. The molecule has 5 N–H and O–H groups in total. The third-order valence-corrected chi connectivity index (χ3v) is 2.40. The third kappa shape index (κ3) is 4.66. The number of amides is 3. The van der Waals surface area contributed by atoms with Crippen LogP contribution in [0.1, 0.15) is 22.8 Å². The largest absolute Gasteiger partial charge is 0.480 e. The zero-order chi connectivity index (χ0) is 14.4. The highest BCUT2D eigenvalue weighted by Gasteiger charge is 2.14. The molecule has 0 bridgehead atoms. The Kier molecular flexibility index (Phi) is 4.87. The standard InChI is InChI=1S/C12H15N3O4/c1-7(11(17)18)15-10(16)9-4-2-8(3-5-9)6-14-12(13)19/h2-5,7H,6H2,1H3,(H,15,16)(H,17,18)(H3,13,14,19). The van der Waals surface area contributed by atoms with Gasteiger partial charge in [-0.05, 0) is 24.6 Å². The second kappa shape index (κ2) is 6.39. The Bertz CT molecular complexity index is 484. The maximum atomic E-state index is 11.7. The van der Waals surface area contributed by atoms with Gasteiger partial charge in [-0.3, -0.25) is 9.59 Å². The molecule has 0 spiro atoms. The summed E-state index contributed by atoms with van der Waals surface area (Å²) in [5, 5.41) is 13.4. The highest BCUT2D eigenvalue weighted by molar-refractivity contribution is 5.96. The maximum Gasteiger partial charge on any atom is 0.325 e. The van der Waals surface area contributed by atoms with Crippen molar-refractivity contribution in [3.05, 3.63) is 35.4 Å². The van der Waals surface area contributed by atoms with Gasteiger partial charge in [0.2, 0.25) is 0 Å². The molecule has 0 saturated carbocycles. The van der Waals surface area contributed by atoms with Gasteiger partial charge in [-0.25, -0.2) is 4.79 Å². The van der Waals surface area contributed by atoms with E-state index in [1.54, 1.807) is 24.3 Å². The predicted molar refractivity (Wildman–Crippen MR) is 67.4 cm³/mol. The molecule has 3 amide bonds. The number of carbonyl (C=O) groups excluding carboxylic acids is 2. The van der Waals surface area contributed by atoms with Gasteiger partial charge in [-0.15, -0.1) is 0 Å². The van der Waals surface area contributed by atoms with Gasteiger partial charge in [0, 0.05) is 12.1 Å². The van der Waals surface area contributed by atoms with Crippen LogP contribution in [0.15, 0.2) is 24.3 Å². The van der Waals surface area contributed by atoms with E-state index in [0.29, 0.717) is 5.56 Å². The number of rotatable bonds is 5. The minimum atomic E-state index is -1.10. The topological polar surface area (TPSA) is 122 Å². The first-order valence-corrected chi connectivity index (χ1v) is 5.56. The summed E-state index contributed by atoms with van der Waals surface area (Å²) >= 11 is 0. The molecule has 1 rings (SSSR count). The van der Waals surface area contributed by atoms with Gasteiger partial charge < -0.3 is 21.5 Å². The second-order valence-corrected chi connectivity index (χ2v) is 3.95. The van der Waals surface area contributed by atoms with Crippen LogP contribution in [0.3, 0.4) is 0 Å². The van der Waals surface area contributed by atoms with Crippen molar-refractivity contribution >= 4 is 17.9 Å². The zero-order valence-electron chi connectivity index (χ0n) is 10.3. The van der Waals surface area contributed by atoms with Crippen molar-refractivity contribution in [2.24, 2.45) is 5.73 Å². The molecule has 0 radical (unpaired) electrons. The minimum absolute atomic E-state index is 0.267. The zero-order valence-corrected chi connectivity index (χ0v) is 10.3. The van der Waals surface area contributed by atoms with E-state index in [4.69, 9.17) is 10.8 Å². The first kappa shape index (κ1) is 14.5.